The summed E-state index contributed by atoms with van der Waals surface area (Å²) < 4.78 is 27.5. The second-order valence-corrected chi connectivity index (χ2v) is 9.86. The molecule has 0 aromatic heterocycles. The standard InChI is InChI=1S/C25H28N2O3S/c1-17-8-6-10-22(14-17)27(5)31(29,30)23-11-7-9-21(16-23)25(28)26-20(4)24-15-18(2)12-13-19(24)3/h6-16,20H,1-5H3,(H,26,28)/t20-/m0/s1. The van der Waals surface area contributed by atoms with E-state index >= 15 is 0 Å². The van der Waals surface area contributed by atoms with Gasteiger partial charge in [0, 0.05) is 12.6 Å². The Kier molecular flexibility index (Phi) is 6.51. The van der Waals surface area contributed by atoms with Gasteiger partial charge in [0.25, 0.3) is 15.9 Å². The van der Waals surface area contributed by atoms with Crippen LogP contribution in [0.3, 0.4) is 0 Å². The van der Waals surface area contributed by atoms with E-state index in [9.17, 15) is 13.2 Å². The van der Waals surface area contributed by atoms with E-state index in [1.165, 1.54) is 23.5 Å². The highest BCUT2D eigenvalue weighted by atomic mass is 32.2. The zero-order chi connectivity index (χ0) is 22.8. The predicted molar refractivity (Wildman–Crippen MR) is 125 cm³/mol. The molecule has 0 aliphatic carbocycles. The van der Waals surface area contributed by atoms with Crippen molar-refractivity contribution in [3.63, 3.8) is 0 Å². The number of hydrogen-bond donors (Lipinski definition) is 1. The highest BCUT2D eigenvalue weighted by Gasteiger charge is 2.23. The Morgan fingerprint density at radius 2 is 1.58 bits per heavy atom. The van der Waals surface area contributed by atoms with Crippen molar-refractivity contribution in [3.05, 3.63) is 94.5 Å². The molecule has 0 spiro atoms. The zero-order valence-corrected chi connectivity index (χ0v) is 19.3. The number of nitrogens with zero attached hydrogens (tertiary/aromatic N) is 1. The van der Waals surface area contributed by atoms with Crippen molar-refractivity contribution in [2.45, 2.75) is 38.6 Å². The van der Waals surface area contributed by atoms with Crippen LogP contribution in [0.1, 0.15) is 45.6 Å². The van der Waals surface area contributed by atoms with Crippen LogP contribution in [0, 0.1) is 20.8 Å². The third kappa shape index (κ3) is 4.97. The minimum Gasteiger partial charge on any atom is -0.346 e. The summed E-state index contributed by atoms with van der Waals surface area (Å²) in [6, 6.07) is 19.3. The molecule has 1 atom stereocenters. The van der Waals surface area contributed by atoms with Crippen LogP contribution in [0.4, 0.5) is 5.69 Å². The minimum atomic E-state index is -3.80. The Morgan fingerprint density at radius 3 is 2.29 bits per heavy atom. The Balaban J connectivity index is 1.85. The van der Waals surface area contributed by atoms with Crippen LogP contribution in [0.25, 0.3) is 0 Å². The molecule has 0 saturated heterocycles. The highest BCUT2D eigenvalue weighted by molar-refractivity contribution is 7.92. The molecule has 31 heavy (non-hydrogen) atoms. The van der Waals surface area contributed by atoms with Gasteiger partial charge in [0.05, 0.1) is 16.6 Å². The summed E-state index contributed by atoms with van der Waals surface area (Å²) in [5, 5.41) is 2.98. The second kappa shape index (κ2) is 8.94. The maximum atomic E-state index is 13.1. The Hall–Kier alpha value is -3.12. The molecule has 0 radical (unpaired) electrons. The summed E-state index contributed by atoms with van der Waals surface area (Å²) in [4.78, 5) is 12.9. The van der Waals surface area contributed by atoms with Gasteiger partial charge in [-0.05, 0) is 74.7 Å². The van der Waals surface area contributed by atoms with Gasteiger partial charge in [0.15, 0.2) is 0 Å². The van der Waals surface area contributed by atoms with Crippen molar-refractivity contribution < 1.29 is 13.2 Å². The molecule has 1 N–H and O–H groups in total. The average molecular weight is 437 g/mol. The van der Waals surface area contributed by atoms with Gasteiger partial charge in [-0.3, -0.25) is 9.10 Å². The first-order valence-electron chi connectivity index (χ1n) is 10.1. The normalized spacial score (nSPS) is 12.3. The molecule has 3 rings (SSSR count). The summed E-state index contributed by atoms with van der Waals surface area (Å²) in [5.74, 6) is -0.316. The first-order chi connectivity index (χ1) is 14.6. The lowest BCUT2D eigenvalue weighted by molar-refractivity contribution is 0.0939. The smallest absolute Gasteiger partial charge is 0.264 e. The van der Waals surface area contributed by atoms with Crippen molar-refractivity contribution >= 4 is 21.6 Å². The van der Waals surface area contributed by atoms with Crippen molar-refractivity contribution in [1.82, 2.24) is 5.32 Å². The van der Waals surface area contributed by atoms with E-state index in [2.05, 4.69) is 11.4 Å². The molecule has 1 amide bonds. The molecule has 0 saturated carbocycles. The van der Waals surface area contributed by atoms with Crippen LogP contribution in [-0.4, -0.2) is 21.4 Å². The monoisotopic (exact) mass is 436 g/mol. The molecule has 0 aliphatic rings. The first-order valence-corrected chi connectivity index (χ1v) is 11.6. The number of carbonyl (C=O) groups is 1. The molecule has 5 nitrogen and oxygen atoms in total. The number of aryl methyl sites for hydroxylation is 3. The summed E-state index contributed by atoms with van der Waals surface area (Å²) in [5.41, 5.74) is 5.09. The van der Waals surface area contributed by atoms with Gasteiger partial charge in [0.1, 0.15) is 0 Å². The van der Waals surface area contributed by atoms with E-state index in [0.717, 1.165) is 22.3 Å². The predicted octanol–water partition coefficient (Wildman–Crippen LogP) is 4.93. The number of anilines is 1. The number of nitrogens with one attached hydrogen (secondary N) is 1. The van der Waals surface area contributed by atoms with Crippen molar-refractivity contribution in [2.24, 2.45) is 0 Å². The summed E-state index contributed by atoms with van der Waals surface area (Å²) in [6.07, 6.45) is 0. The summed E-state index contributed by atoms with van der Waals surface area (Å²) >= 11 is 0. The number of amides is 1. The fourth-order valence-corrected chi connectivity index (χ4v) is 4.74. The molecular weight excluding hydrogens is 408 g/mol. The molecular formula is C25H28N2O3S. The fraction of sp³-hybridized carbons (Fsp3) is 0.240. The van der Waals surface area contributed by atoms with Crippen LogP contribution in [0.2, 0.25) is 0 Å². The lowest BCUT2D eigenvalue weighted by atomic mass is 10.00. The zero-order valence-electron chi connectivity index (χ0n) is 18.5. The highest BCUT2D eigenvalue weighted by Crippen LogP contribution is 2.24. The Labute approximate surface area is 184 Å². The van der Waals surface area contributed by atoms with Crippen LogP contribution in [0.15, 0.2) is 71.6 Å². The minimum absolute atomic E-state index is 0.0727. The number of rotatable bonds is 6. The SMILES string of the molecule is Cc1cccc(N(C)S(=O)(=O)c2cccc(C(=O)N[C@@H](C)c3cc(C)ccc3C)c2)c1. The van der Waals surface area contributed by atoms with Gasteiger partial charge in [-0.1, -0.05) is 42.0 Å². The van der Waals surface area contributed by atoms with Crippen molar-refractivity contribution in [3.8, 4) is 0 Å². The van der Waals surface area contributed by atoms with Gasteiger partial charge in [0.2, 0.25) is 0 Å². The van der Waals surface area contributed by atoms with E-state index in [4.69, 9.17) is 0 Å². The Bertz CT molecular complexity index is 1220. The molecule has 3 aromatic rings. The average Bonchev–Trinajstić information content (AvgIpc) is 2.74. The number of benzene rings is 3. The van der Waals surface area contributed by atoms with Crippen LogP contribution in [0.5, 0.6) is 0 Å². The van der Waals surface area contributed by atoms with Crippen LogP contribution < -0.4 is 9.62 Å². The maximum Gasteiger partial charge on any atom is 0.264 e. The van der Waals surface area contributed by atoms with E-state index in [1.54, 1.807) is 24.3 Å². The molecule has 0 heterocycles. The molecule has 0 unspecified atom stereocenters. The molecule has 3 aromatic carbocycles. The van der Waals surface area contributed by atoms with Gasteiger partial charge >= 0.3 is 0 Å². The van der Waals surface area contributed by atoms with E-state index in [0.29, 0.717) is 11.3 Å². The van der Waals surface area contributed by atoms with Crippen molar-refractivity contribution in [1.29, 1.82) is 0 Å². The molecule has 162 valence electrons. The Morgan fingerprint density at radius 1 is 0.903 bits per heavy atom. The largest absolute Gasteiger partial charge is 0.346 e. The number of hydrogen-bond acceptors (Lipinski definition) is 3. The maximum absolute atomic E-state index is 13.1. The van der Waals surface area contributed by atoms with Crippen molar-refractivity contribution in [2.75, 3.05) is 11.4 Å². The van der Waals surface area contributed by atoms with Gasteiger partial charge in [-0.25, -0.2) is 8.42 Å². The molecule has 0 aliphatic heterocycles. The third-order valence-electron chi connectivity index (χ3n) is 5.37. The first kappa shape index (κ1) is 22.6. The second-order valence-electron chi connectivity index (χ2n) is 7.89. The fourth-order valence-electron chi connectivity index (χ4n) is 3.50. The van der Waals surface area contributed by atoms with E-state index in [-0.39, 0.29) is 16.8 Å². The number of sulfonamides is 1. The molecule has 0 fully saturated rings. The topological polar surface area (TPSA) is 66.5 Å². The van der Waals surface area contributed by atoms with Gasteiger partial charge < -0.3 is 5.32 Å². The lowest BCUT2D eigenvalue weighted by Crippen LogP contribution is -2.29. The van der Waals surface area contributed by atoms with Gasteiger partial charge in [-0.15, -0.1) is 0 Å². The third-order valence-corrected chi connectivity index (χ3v) is 7.15. The quantitative estimate of drug-likeness (QED) is 0.596. The van der Waals surface area contributed by atoms with E-state index < -0.39 is 10.0 Å². The van der Waals surface area contributed by atoms with E-state index in [1.807, 2.05) is 52.0 Å². The lowest BCUT2D eigenvalue weighted by Gasteiger charge is -2.21. The summed E-state index contributed by atoms with van der Waals surface area (Å²) in [7, 11) is -2.29. The van der Waals surface area contributed by atoms with Crippen LogP contribution >= 0.6 is 0 Å². The number of carbonyl (C=O) groups excluding carboxylic acids is 1. The van der Waals surface area contributed by atoms with Crippen LogP contribution in [-0.2, 0) is 10.0 Å². The molecule has 0 bridgehead atoms. The summed E-state index contributed by atoms with van der Waals surface area (Å²) in [6.45, 7) is 7.85. The van der Waals surface area contributed by atoms with Gasteiger partial charge in [-0.2, -0.15) is 0 Å². The molecule has 6 heteroatoms.